The highest BCUT2D eigenvalue weighted by molar-refractivity contribution is 7.97. The normalized spacial score (nSPS) is 16.4. The zero-order chi connectivity index (χ0) is 25.8. The first-order valence-corrected chi connectivity index (χ1v) is 13.5. The Hall–Kier alpha value is -1.87. The van der Waals surface area contributed by atoms with Crippen LogP contribution in [0.25, 0.3) is 5.57 Å². The van der Waals surface area contributed by atoms with Gasteiger partial charge in [0, 0.05) is 33.4 Å². The third-order valence-corrected chi connectivity index (χ3v) is 7.23. The van der Waals surface area contributed by atoms with Crippen LogP contribution in [0, 0.1) is 5.82 Å². The Morgan fingerprint density at radius 3 is 2.37 bits per heavy atom. The zero-order valence-electron chi connectivity index (χ0n) is 21.3. The van der Waals surface area contributed by atoms with Crippen LogP contribution in [0.15, 0.2) is 40.7 Å². The lowest BCUT2D eigenvalue weighted by molar-refractivity contribution is 0.0968. The van der Waals surface area contributed by atoms with Gasteiger partial charge in [0.15, 0.2) is 0 Å². The van der Waals surface area contributed by atoms with Gasteiger partial charge < -0.3 is 10.1 Å². The number of anilines is 1. The molecule has 0 amide bonds. The van der Waals surface area contributed by atoms with Crippen molar-refractivity contribution in [3.05, 3.63) is 57.7 Å². The monoisotopic (exact) mass is 524 g/mol. The third kappa shape index (κ3) is 8.63. The number of hydrogen-bond donors (Lipinski definition) is 1. The summed E-state index contributed by atoms with van der Waals surface area (Å²) >= 11 is 7.51. The highest BCUT2D eigenvalue weighted by atomic mass is 35.5. The van der Waals surface area contributed by atoms with Crippen LogP contribution in [0.3, 0.4) is 0 Å². The standard InChI is InChI=1S/C19H22ClFN4OS.C5H10O.C2H6/c1-12(2)13-4-5-17(15(21)10-13)27-24-8-6-14(7-9-24)25-19(26)18(20)16(22-3)11-23-25;1-2-4-6-5-3-1;1-2/h4-5,10-11,14,22H,1,6-9H2,2-3H3;1-5H2;1-2H3. The third-order valence-electron chi connectivity index (χ3n) is 5.71. The Morgan fingerprint density at radius 1 is 1.23 bits per heavy atom. The second-order valence-corrected chi connectivity index (χ2v) is 9.74. The number of rotatable bonds is 5. The largest absolute Gasteiger partial charge is 0.385 e. The molecule has 4 rings (SSSR count). The van der Waals surface area contributed by atoms with Crippen molar-refractivity contribution in [2.45, 2.75) is 63.8 Å². The van der Waals surface area contributed by atoms with E-state index in [0.29, 0.717) is 10.6 Å². The number of nitrogens with zero attached hydrogens (tertiary/aromatic N) is 3. The molecule has 0 spiro atoms. The van der Waals surface area contributed by atoms with E-state index in [9.17, 15) is 9.18 Å². The van der Waals surface area contributed by atoms with E-state index in [1.54, 1.807) is 19.3 Å². The van der Waals surface area contributed by atoms with Crippen LogP contribution in [-0.2, 0) is 4.74 Å². The molecule has 9 heteroatoms. The number of nitrogens with one attached hydrogen (secondary N) is 1. The fourth-order valence-electron chi connectivity index (χ4n) is 3.72. The van der Waals surface area contributed by atoms with E-state index in [1.165, 1.54) is 42.0 Å². The van der Waals surface area contributed by atoms with Gasteiger partial charge in [0.25, 0.3) is 5.56 Å². The van der Waals surface area contributed by atoms with Gasteiger partial charge in [-0.2, -0.15) is 5.10 Å². The topological polar surface area (TPSA) is 59.4 Å². The smallest absolute Gasteiger partial charge is 0.287 e. The first-order chi connectivity index (χ1) is 16.9. The lowest BCUT2D eigenvalue weighted by atomic mass is 10.1. The number of aromatic nitrogens is 2. The van der Waals surface area contributed by atoms with Crippen LogP contribution in [0.4, 0.5) is 10.1 Å². The molecule has 2 aromatic rings. The Morgan fingerprint density at radius 2 is 1.89 bits per heavy atom. The number of hydrogen-bond acceptors (Lipinski definition) is 6. The maximum absolute atomic E-state index is 14.3. The van der Waals surface area contributed by atoms with Crippen LogP contribution in [-0.4, -0.2) is 47.4 Å². The van der Waals surface area contributed by atoms with Crippen molar-refractivity contribution in [2.75, 3.05) is 38.7 Å². The second-order valence-electron chi connectivity index (χ2n) is 8.22. The van der Waals surface area contributed by atoms with Gasteiger partial charge in [0.2, 0.25) is 0 Å². The Bertz CT molecular complexity index is 994. The maximum Gasteiger partial charge on any atom is 0.287 e. The fraction of sp³-hybridized carbons (Fsp3) is 0.538. The number of halogens is 2. The minimum absolute atomic E-state index is 0.00612. The summed E-state index contributed by atoms with van der Waals surface area (Å²) in [5.74, 6) is -0.241. The van der Waals surface area contributed by atoms with Crippen molar-refractivity contribution < 1.29 is 9.13 Å². The summed E-state index contributed by atoms with van der Waals surface area (Å²) in [6, 6.07) is 5.19. The van der Waals surface area contributed by atoms with Crippen molar-refractivity contribution in [3.8, 4) is 0 Å². The van der Waals surface area contributed by atoms with Gasteiger partial charge in [0.1, 0.15) is 10.8 Å². The molecule has 0 unspecified atom stereocenters. The van der Waals surface area contributed by atoms with Crippen molar-refractivity contribution in [1.29, 1.82) is 0 Å². The van der Waals surface area contributed by atoms with Crippen molar-refractivity contribution in [2.24, 2.45) is 0 Å². The van der Waals surface area contributed by atoms with Gasteiger partial charge in [-0.1, -0.05) is 43.7 Å². The Kier molecular flexibility index (Phi) is 12.8. The second kappa shape index (κ2) is 15.3. The number of piperidine rings is 1. The van der Waals surface area contributed by atoms with E-state index in [0.717, 1.165) is 50.3 Å². The lowest BCUT2D eigenvalue weighted by Gasteiger charge is -2.31. The Labute approximate surface area is 218 Å². The van der Waals surface area contributed by atoms with Gasteiger partial charge in [-0.05, 0) is 68.7 Å². The molecule has 2 aliphatic heterocycles. The SMILES string of the molecule is C1CCOCC1.C=C(C)c1ccc(SN2CCC(n3ncc(NC)c(Cl)c3=O)CC2)c(F)c1.CC. The summed E-state index contributed by atoms with van der Waals surface area (Å²) in [7, 11) is 1.70. The molecule has 0 bridgehead atoms. The van der Waals surface area contributed by atoms with E-state index in [4.69, 9.17) is 16.3 Å². The summed E-state index contributed by atoms with van der Waals surface area (Å²) in [5.41, 5.74) is 1.89. The average Bonchev–Trinajstić information content (AvgIpc) is 2.90. The number of allylic oxidation sites excluding steroid dienone is 1. The van der Waals surface area contributed by atoms with Crippen LogP contribution >= 0.6 is 23.5 Å². The lowest BCUT2D eigenvalue weighted by Crippen LogP contribution is -2.36. The molecular weight excluding hydrogens is 487 g/mol. The van der Waals surface area contributed by atoms with E-state index in [2.05, 4.69) is 21.3 Å². The number of ether oxygens (including phenoxy) is 1. The summed E-state index contributed by atoms with van der Waals surface area (Å²) < 4.78 is 23.0. The summed E-state index contributed by atoms with van der Waals surface area (Å²) in [6.07, 6.45) is 7.00. The van der Waals surface area contributed by atoms with E-state index in [-0.39, 0.29) is 22.4 Å². The first-order valence-electron chi connectivity index (χ1n) is 12.3. The molecule has 6 nitrogen and oxygen atoms in total. The minimum Gasteiger partial charge on any atom is -0.385 e. The first kappa shape index (κ1) is 29.4. The molecule has 2 aliphatic rings. The van der Waals surface area contributed by atoms with Crippen molar-refractivity contribution in [3.63, 3.8) is 0 Å². The molecule has 0 saturated carbocycles. The minimum atomic E-state index is -0.281. The highest BCUT2D eigenvalue weighted by Gasteiger charge is 2.24. The maximum atomic E-state index is 14.3. The van der Waals surface area contributed by atoms with E-state index in [1.807, 2.05) is 26.8 Å². The summed E-state index contributed by atoms with van der Waals surface area (Å²) in [6.45, 7) is 13.2. The van der Waals surface area contributed by atoms with Crippen molar-refractivity contribution >= 4 is 34.8 Å². The van der Waals surface area contributed by atoms with Gasteiger partial charge in [-0.3, -0.25) is 4.79 Å². The van der Waals surface area contributed by atoms with Gasteiger partial charge in [0.05, 0.1) is 22.8 Å². The average molecular weight is 525 g/mol. The molecule has 0 radical (unpaired) electrons. The van der Waals surface area contributed by atoms with Crippen LogP contribution in [0.5, 0.6) is 0 Å². The van der Waals surface area contributed by atoms with Gasteiger partial charge in [-0.15, -0.1) is 0 Å². The van der Waals surface area contributed by atoms with Crippen LogP contribution in [0.2, 0.25) is 5.02 Å². The van der Waals surface area contributed by atoms with Crippen molar-refractivity contribution in [1.82, 2.24) is 14.1 Å². The number of benzene rings is 1. The van der Waals surface area contributed by atoms with E-state index >= 15 is 0 Å². The van der Waals surface area contributed by atoms with Crippen LogP contribution in [0.1, 0.15) is 64.5 Å². The highest BCUT2D eigenvalue weighted by Crippen LogP contribution is 2.32. The molecule has 35 heavy (non-hydrogen) atoms. The quantitative estimate of drug-likeness (QED) is 0.441. The summed E-state index contributed by atoms with van der Waals surface area (Å²) in [4.78, 5) is 13.0. The molecule has 1 aromatic heterocycles. The molecule has 3 heterocycles. The fourth-order valence-corrected chi connectivity index (χ4v) is 4.90. The van der Waals surface area contributed by atoms with Crippen LogP contribution < -0.4 is 10.9 Å². The predicted molar refractivity (Wildman–Crippen MR) is 146 cm³/mol. The zero-order valence-corrected chi connectivity index (χ0v) is 22.9. The predicted octanol–water partition coefficient (Wildman–Crippen LogP) is 6.67. The molecule has 2 fully saturated rings. The molecule has 2 saturated heterocycles. The van der Waals surface area contributed by atoms with Gasteiger partial charge >= 0.3 is 0 Å². The molecule has 0 aliphatic carbocycles. The van der Waals surface area contributed by atoms with E-state index < -0.39 is 0 Å². The molecule has 194 valence electrons. The van der Waals surface area contributed by atoms with Gasteiger partial charge in [-0.25, -0.2) is 13.4 Å². The molecule has 0 atom stereocenters. The Balaban J connectivity index is 0.000000463. The molecule has 1 N–H and O–H groups in total. The molecule has 1 aromatic carbocycles. The summed E-state index contributed by atoms with van der Waals surface area (Å²) in [5, 5.41) is 7.26. The molecular formula is C26H38ClFN4O2S.